The third-order valence-corrected chi connectivity index (χ3v) is 3.73. The van der Waals surface area contributed by atoms with Gasteiger partial charge in [0.1, 0.15) is 6.10 Å². The summed E-state index contributed by atoms with van der Waals surface area (Å²) in [6.07, 6.45) is 5.28. The molecule has 0 aromatic heterocycles. The fraction of sp³-hybridized carbons (Fsp3) is 0.929. The highest BCUT2D eigenvalue weighted by Crippen LogP contribution is 2.30. The van der Waals surface area contributed by atoms with Gasteiger partial charge in [0.05, 0.1) is 6.42 Å². The van der Waals surface area contributed by atoms with Crippen LogP contribution in [0.4, 0.5) is 0 Å². The van der Waals surface area contributed by atoms with E-state index in [1.807, 2.05) is 0 Å². The van der Waals surface area contributed by atoms with Crippen molar-refractivity contribution < 1.29 is 9.53 Å². The zero-order chi connectivity index (χ0) is 12.5. The van der Waals surface area contributed by atoms with E-state index >= 15 is 0 Å². The van der Waals surface area contributed by atoms with Crippen molar-refractivity contribution in [1.29, 1.82) is 0 Å². The number of rotatable bonds is 2. The van der Waals surface area contributed by atoms with Crippen LogP contribution < -0.4 is 5.32 Å². The van der Waals surface area contributed by atoms with Gasteiger partial charge in [-0.25, -0.2) is 0 Å². The first-order chi connectivity index (χ1) is 7.92. The van der Waals surface area contributed by atoms with E-state index in [9.17, 15) is 4.79 Å². The van der Waals surface area contributed by atoms with Gasteiger partial charge in [-0.1, -0.05) is 20.8 Å². The predicted octanol–water partition coefficient (Wildman–Crippen LogP) is 2.50. The number of hydrogen-bond acceptors (Lipinski definition) is 3. The molecule has 2 unspecified atom stereocenters. The van der Waals surface area contributed by atoms with Crippen molar-refractivity contribution in [3.8, 4) is 0 Å². The van der Waals surface area contributed by atoms with Gasteiger partial charge in [-0.2, -0.15) is 0 Å². The summed E-state index contributed by atoms with van der Waals surface area (Å²) >= 11 is 0. The van der Waals surface area contributed by atoms with Crippen LogP contribution in [0, 0.1) is 11.3 Å². The van der Waals surface area contributed by atoms with Crippen LogP contribution >= 0.6 is 0 Å². The van der Waals surface area contributed by atoms with Crippen molar-refractivity contribution in [2.24, 2.45) is 11.3 Å². The van der Waals surface area contributed by atoms with E-state index in [2.05, 4.69) is 26.1 Å². The number of fused-ring (bicyclic) bond motifs is 4. The Balaban J connectivity index is 1.84. The van der Waals surface area contributed by atoms with Crippen LogP contribution in [0.25, 0.3) is 0 Å². The molecule has 0 amide bonds. The monoisotopic (exact) mass is 239 g/mol. The molecule has 1 N–H and O–H groups in total. The van der Waals surface area contributed by atoms with Gasteiger partial charge in [-0.05, 0) is 43.6 Å². The molecule has 17 heavy (non-hydrogen) atoms. The molecule has 0 aromatic carbocycles. The molecule has 1 aliphatic carbocycles. The molecule has 2 saturated heterocycles. The van der Waals surface area contributed by atoms with Crippen molar-refractivity contribution in [2.75, 3.05) is 6.54 Å². The van der Waals surface area contributed by atoms with Crippen molar-refractivity contribution >= 4 is 5.97 Å². The van der Waals surface area contributed by atoms with E-state index in [0.29, 0.717) is 18.4 Å². The minimum absolute atomic E-state index is 0.0243. The van der Waals surface area contributed by atoms with Gasteiger partial charge in [0.25, 0.3) is 0 Å². The number of carbonyl (C=O) groups is 1. The van der Waals surface area contributed by atoms with Gasteiger partial charge >= 0.3 is 5.97 Å². The molecule has 0 spiro atoms. The molecule has 3 nitrogen and oxygen atoms in total. The summed E-state index contributed by atoms with van der Waals surface area (Å²) in [6, 6.07) is 0.571. The Kier molecular flexibility index (Phi) is 3.76. The van der Waals surface area contributed by atoms with E-state index in [1.165, 1.54) is 12.8 Å². The molecule has 0 radical (unpaired) electrons. The zero-order valence-electron chi connectivity index (χ0n) is 11.3. The van der Waals surface area contributed by atoms with Crippen LogP contribution in [-0.2, 0) is 9.53 Å². The van der Waals surface area contributed by atoms with Crippen molar-refractivity contribution in [3.63, 3.8) is 0 Å². The molecule has 2 heterocycles. The number of esters is 1. The molecular formula is C14H25NO2. The minimum Gasteiger partial charge on any atom is -0.462 e. The Morgan fingerprint density at radius 1 is 1.29 bits per heavy atom. The highest BCUT2D eigenvalue weighted by Gasteiger charge is 2.32. The van der Waals surface area contributed by atoms with Crippen LogP contribution in [0.1, 0.15) is 52.9 Å². The maximum atomic E-state index is 11.8. The van der Waals surface area contributed by atoms with E-state index in [-0.39, 0.29) is 17.5 Å². The summed E-state index contributed by atoms with van der Waals surface area (Å²) in [5.41, 5.74) is 0.0268. The second-order valence-corrected chi connectivity index (χ2v) is 6.87. The normalized spacial score (nSPS) is 33.2. The average molecular weight is 239 g/mol. The van der Waals surface area contributed by atoms with Gasteiger partial charge in [0.2, 0.25) is 0 Å². The quantitative estimate of drug-likeness (QED) is 0.752. The molecular weight excluding hydrogens is 214 g/mol. The molecule has 3 heteroatoms. The first-order valence-electron chi connectivity index (χ1n) is 6.85. The lowest BCUT2D eigenvalue weighted by atomic mass is 9.92. The van der Waals surface area contributed by atoms with Gasteiger partial charge in [-0.15, -0.1) is 0 Å². The van der Waals surface area contributed by atoms with Gasteiger partial charge < -0.3 is 10.1 Å². The second-order valence-electron chi connectivity index (χ2n) is 6.87. The Bertz CT molecular complexity index is 260. The number of ether oxygens (including phenoxy) is 1. The highest BCUT2D eigenvalue weighted by atomic mass is 16.5. The van der Waals surface area contributed by atoms with Gasteiger partial charge in [-0.3, -0.25) is 4.79 Å². The summed E-state index contributed by atoms with van der Waals surface area (Å²) in [5.74, 6) is 0.685. The predicted molar refractivity (Wildman–Crippen MR) is 67.7 cm³/mol. The summed E-state index contributed by atoms with van der Waals surface area (Å²) < 4.78 is 5.65. The maximum absolute atomic E-state index is 11.8. The number of carbonyl (C=O) groups excluding carboxylic acids is 1. The summed E-state index contributed by atoms with van der Waals surface area (Å²) in [7, 11) is 0. The van der Waals surface area contributed by atoms with E-state index < -0.39 is 0 Å². The van der Waals surface area contributed by atoms with Crippen molar-refractivity contribution in [3.05, 3.63) is 0 Å². The Labute approximate surface area is 104 Å². The van der Waals surface area contributed by atoms with E-state index in [4.69, 9.17) is 4.74 Å². The minimum atomic E-state index is -0.0243. The van der Waals surface area contributed by atoms with Crippen LogP contribution in [0.3, 0.4) is 0 Å². The number of piperidine rings is 1. The van der Waals surface area contributed by atoms with Crippen LogP contribution in [0.2, 0.25) is 0 Å². The van der Waals surface area contributed by atoms with E-state index in [1.54, 1.807) is 0 Å². The molecule has 3 aliphatic rings. The lowest BCUT2D eigenvalue weighted by Crippen LogP contribution is -2.36. The summed E-state index contributed by atoms with van der Waals surface area (Å²) in [5, 5.41) is 3.54. The lowest BCUT2D eigenvalue weighted by molar-refractivity contribution is -0.152. The largest absolute Gasteiger partial charge is 0.462 e. The SMILES string of the molecule is CC(C)(C)CC(=O)O[C@H]1CC2CCC(C1)NC2. The van der Waals surface area contributed by atoms with Crippen molar-refractivity contribution in [1.82, 2.24) is 5.32 Å². The zero-order valence-corrected chi connectivity index (χ0v) is 11.3. The lowest BCUT2D eigenvalue weighted by Gasteiger charge is -2.23. The Hall–Kier alpha value is -0.570. The van der Waals surface area contributed by atoms with Crippen LogP contribution in [-0.4, -0.2) is 24.7 Å². The average Bonchev–Trinajstić information content (AvgIpc) is 2.45. The Morgan fingerprint density at radius 3 is 2.65 bits per heavy atom. The molecule has 1 saturated carbocycles. The molecule has 3 fully saturated rings. The van der Waals surface area contributed by atoms with Gasteiger partial charge in [0.15, 0.2) is 0 Å². The van der Waals surface area contributed by atoms with E-state index in [0.717, 1.165) is 19.4 Å². The highest BCUT2D eigenvalue weighted by molar-refractivity contribution is 5.70. The molecule has 0 aromatic rings. The smallest absolute Gasteiger partial charge is 0.306 e. The summed E-state index contributed by atoms with van der Waals surface area (Å²) in [6.45, 7) is 7.34. The second kappa shape index (κ2) is 4.97. The topological polar surface area (TPSA) is 38.3 Å². The molecule has 3 rings (SSSR count). The molecule has 3 atom stereocenters. The molecule has 98 valence electrons. The number of nitrogens with one attached hydrogen (secondary N) is 1. The fourth-order valence-electron chi connectivity index (χ4n) is 2.92. The Morgan fingerprint density at radius 2 is 2.06 bits per heavy atom. The third kappa shape index (κ3) is 3.98. The first-order valence-corrected chi connectivity index (χ1v) is 6.85. The molecule has 2 aliphatic heterocycles. The van der Waals surface area contributed by atoms with Crippen LogP contribution in [0.5, 0.6) is 0 Å². The number of hydrogen-bond donors (Lipinski definition) is 1. The maximum Gasteiger partial charge on any atom is 0.306 e. The summed E-state index contributed by atoms with van der Waals surface area (Å²) in [4.78, 5) is 11.8. The van der Waals surface area contributed by atoms with Crippen LogP contribution in [0.15, 0.2) is 0 Å². The van der Waals surface area contributed by atoms with Gasteiger partial charge in [0, 0.05) is 6.04 Å². The fourth-order valence-corrected chi connectivity index (χ4v) is 2.92. The third-order valence-electron chi connectivity index (χ3n) is 3.73. The molecule has 2 bridgehead atoms. The first kappa shape index (κ1) is 12.9. The van der Waals surface area contributed by atoms with Crippen molar-refractivity contribution in [2.45, 2.75) is 65.0 Å². The standard InChI is InChI=1S/C14H25NO2/c1-14(2,3)8-13(16)17-12-6-10-4-5-11(7-12)15-9-10/h10-12,15H,4-9H2,1-3H3/t10?,11?,12-/m0/s1.